The minimum absolute atomic E-state index is 0.140. The average Bonchev–Trinajstić information content (AvgIpc) is 3.05. The molecule has 0 aliphatic carbocycles. The van der Waals surface area contributed by atoms with Crippen LogP contribution in [0.2, 0.25) is 0 Å². The molecule has 0 amide bonds. The molecule has 0 saturated heterocycles. The second-order valence-corrected chi connectivity index (χ2v) is 3.79. The topological polar surface area (TPSA) is 91.0 Å². The number of hydrogen-bond donors (Lipinski definition) is 1. The van der Waals surface area contributed by atoms with Crippen molar-refractivity contribution in [3.63, 3.8) is 0 Å². The number of carbonyl (C=O) groups is 1. The third-order valence-electron chi connectivity index (χ3n) is 2.69. The highest BCUT2D eigenvalue weighted by atomic mass is 16.7. The summed E-state index contributed by atoms with van der Waals surface area (Å²) in [7, 11) is 1.50. The van der Waals surface area contributed by atoms with Gasteiger partial charge < -0.3 is 23.8 Å². The van der Waals surface area contributed by atoms with Crippen molar-refractivity contribution in [2.75, 3.05) is 13.9 Å². The van der Waals surface area contributed by atoms with Crippen molar-refractivity contribution in [3.05, 3.63) is 24.0 Å². The summed E-state index contributed by atoms with van der Waals surface area (Å²) in [5.41, 5.74) is 0.926. The van der Waals surface area contributed by atoms with Crippen molar-refractivity contribution >= 4 is 5.97 Å². The molecule has 7 nitrogen and oxygen atoms in total. The van der Waals surface area contributed by atoms with E-state index in [0.717, 1.165) is 0 Å². The van der Waals surface area contributed by atoms with Gasteiger partial charge in [-0.25, -0.2) is 4.79 Å². The van der Waals surface area contributed by atoms with Crippen molar-refractivity contribution in [1.29, 1.82) is 0 Å². The predicted molar refractivity (Wildman–Crippen MR) is 61.6 cm³/mol. The molecule has 2 aromatic rings. The van der Waals surface area contributed by atoms with Crippen LogP contribution in [0.25, 0.3) is 11.3 Å². The minimum Gasteiger partial charge on any atom is -0.496 e. The van der Waals surface area contributed by atoms with Crippen molar-refractivity contribution in [3.8, 4) is 28.5 Å². The fraction of sp³-hybridized carbons (Fsp3) is 0.167. The van der Waals surface area contributed by atoms with E-state index in [-0.39, 0.29) is 12.6 Å². The van der Waals surface area contributed by atoms with Crippen LogP contribution < -0.4 is 14.2 Å². The number of benzene rings is 1. The Morgan fingerprint density at radius 3 is 2.68 bits per heavy atom. The van der Waals surface area contributed by atoms with E-state index in [4.69, 9.17) is 23.8 Å². The van der Waals surface area contributed by atoms with Gasteiger partial charge in [0.1, 0.15) is 11.4 Å². The van der Waals surface area contributed by atoms with Crippen LogP contribution in [0.15, 0.2) is 22.7 Å². The molecule has 1 aromatic carbocycles. The predicted octanol–water partition coefficient (Wildman–Crippen LogP) is 1.78. The van der Waals surface area contributed by atoms with E-state index < -0.39 is 5.97 Å². The van der Waals surface area contributed by atoms with Crippen LogP contribution in [0.5, 0.6) is 17.2 Å². The van der Waals surface area contributed by atoms with Crippen molar-refractivity contribution in [2.24, 2.45) is 0 Å². The number of rotatable bonds is 3. The highest BCUT2D eigenvalue weighted by molar-refractivity contribution is 5.86. The lowest BCUT2D eigenvalue weighted by atomic mass is 10.1. The number of carboxylic acid groups (broad SMARTS) is 1. The SMILES string of the molecule is COc1cc2c(cc1-c1cc(C(=O)O)on1)OCO2. The van der Waals surface area contributed by atoms with Crippen LogP contribution in [0.3, 0.4) is 0 Å². The number of nitrogens with zero attached hydrogens (tertiary/aromatic N) is 1. The van der Waals surface area contributed by atoms with Crippen LogP contribution in [0.4, 0.5) is 0 Å². The molecule has 1 aromatic heterocycles. The van der Waals surface area contributed by atoms with Crippen LogP contribution in [-0.2, 0) is 0 Å². The molecule has 1 aliphatic heterocycles. The standard InChI is InChI=1S/C12H9NO6/c1-16-8-4-10-9(17-5-18-10)2-6(8)7-3-11(12(14)15)19-13-7/h2-4H,5H2,1H3,(H,14,15). The van der Waals surface area contributed by atoms with Gasteiger partial charge in [-0.3, -0.25) is 0 Å². The number of carboxylic acids is 1. The molecular formula is C12H9NO6. The molecule has 98 valence electrons. The zero-order chi connectivity index (χ0) is 13.4. The van der Waals surface area contributed by atoms with E-state index in [9.17, 15) is 4.79 Å². The van der Waals surface area contributed by atoms with E-state index in [1.807, 2.05) is 0 Å². The van der Waals surface area contributed by atoms with Crippen LogP contribution in [0.1, 0.15) is 10.6 Å². The highest BCUT2D eigenvalue weighted by Crippen LogP contribution is 2.42. The van der Waals surface area contributed by atoms with Gasteiger partial charge in [0, 0.05) is 17.7 Å². The number of aromatic carboxylic acids is 1. The normalized spacial score (nSPS) is 12.5. The van der Waals surface area contributed by atoms with Gasteiger partial charge >= 0.3 is 5.97 Å². The molecule has 19 heavy (non-hydrogen) atoms. The monoisotopic (exact) mass is 263 g/mol. The Hall–Kier alpha value is -2.70. The average molecular weight is 263 g/mol. The zero-order valence-corrected chi connectivity index (χ0v) is 9.87. The van der Waals surface area contributed by atoms with Gasteiger partial charge in [-0.05, 0) is 6.07 Å². The molecular weight excluding hydrogens is 254 g/mol. The summed E-state index contributed by atoms with van der Waals surface area (Å²) in [6.07, 6.45) is 0. The Bertz CT molecular complexity index is 648. The molecule has 1 aliphatic rings. The fourth-order valence-electron chi connectivity index (χ4n) is 1.80. The molecule has 0 fully saturated rings. The van der Waals surface area contributed by atoms with E-state index in [1.165, 1.54) is 13.2 Å². The molecule has 0 saturated carbocycles. The van der Waals surface area contributed by atoms with Crippen LogP contribution in [-0.4, -0.2) is 30.1 Å². The summed E-state index contributed by atoms with van der Waals surface area (Å²) >= 11 is 0. The largest absolute Gasteiger partial charge is 0.496 e. The third kappa shape index (κ3) is 1.85. The lowest BCUT2D eigenvalue weighted by Gasteiger charge is -2.07. The molecule has 2 heterocycles. The minimum atomic E-state index is -1.18. The summed E-state index contributed by atoms with van der Waals surface area (Å²) in [6, 6.07) is 4.65. The number of methoxy groups -OCH3 is 1. The van der Waals surface area contributed by atoms with E-state index in [1.54, 1.807) is 12.1 Å². The lowest BCUT2D eigenvalue weighted by Crippen LogP contribution is -1.92. The Morgan fingerprint density at radius 1 is 1.32 bits per heavy atom. The van der Waals surface area contributed by atoms with Crippen molar-refractivity contribution < 1.29 is 28.6 Å². The highest BCUT2D eigenvalue weighted by Gasteiger charge is 2.21. The second-order valence-electron chi connectivity index (χ2n) is 3.79. The van der Waals surface area contributed by atoms with Gasteiger partial charge in [0.05, 0.1) is 7.11 Å². The smallest absolute Gasteiger partial charge is 0.374 e. The Morgan fingerprint density at radius 2 is 2.05 bits per heavy atom. The van der Waals surface area contributed by atoms with Gasteiger partial charge in [-0.15, -0.1) is 0 Å². The fourth-order valence-corrected chi connectivity index (χ4v) is 1.80. The van der Waals surface area contributed by atoms with Gasteiger partial charge in [-0.1, -0.05) is 5.16 Å². The summed E-state index contributed by atoms with van der Waals surface area (Å²) in [6.45, 7) is 0.140. The molecule has 0 bridgehead atoms. The molecule has 0 unspecified atom stereocenters. The van der Waals surface area contributed by atoms with E-state index >= 15 is 0 Å². The summed E-state index contributed by atoms with van der Waals surface area (Å²) in [4.78, 5) is 10.8. The van der Waals surface area contributed by atoms with Gasteiger partial charge in [0.2, 0.25) is 12.6 Å². The summed E-state index contributed by atoms with van der Waals surface area (Å²) in [5.74, 6) is 0.195. The Balaban J connectivity index is 2.10. The summed E-state index contributed by atoms with van der Waals surface area (Å²) < 4.78 is 20.4. The number of aromatic nitrogens is 1. The second kappa shape index (κ2) is 4.20. The maximum atomic E-state index is 10.8. The van der Waals surface area contributed by atoms with E-state index in [2.05, 4.69) is 5.16 Å². The van der Waals surface area contributed by atoms with Crippen LogP contribution in [0, 0.1) is 0 Å². The zero-order valence-electron chi connectivity index (χ0n) is 9.87. The van der Waals surface area contributed by atoms with Crippen molar-refractivity contribution in [2.45, 2.75) is 0 Å². The molecule has 0 atom stereocenters. The van der Waals surface area contributed by atoms with Crippen LogP contribution >= 0.6 is 0 Å². The van der Waals surface area contributed by atoms with Gasteiger partial charge in [-0.2, -0.15) is 0 Å². The first-order valence-electron chi connectivity index (χ1n) is 5.37. The van der Waals surface area contributed by atoms with Gasteiger partial charge in [0.15, 0.2) is 11.5 Å². The quantitative estimate of drug-likeness (QED) is 0.902. The molecule has 3 rings (SSSR count). The number of hydrogen-bond acceptors (Lipinski definition) is 6. The molecule has 7 heteroatoms. The number of ether oxygens (including phenoxy) is 3. The van der Waals surface area contributed by atoms with Gasteiger partial charge in [0.25, 0.3) is 0 Å². The number of fused-ring (bicyclic) bond motifs is 1. The first-order chi connectivity index (χ1) is 9.19. The van der Waals surface area contributed by atoms with E-state index in [0.29, 0.717) is 28.5 Å². The lowest BCUT2D eigenvalue weighted by molar-refractivity contribution is 0.0652. The first-order valence-corrected chi connectivity index (χ1v) is 5.37. The maximum absolute atomic E-state index is 10.8. The Kier molecular flexibility index (Phi) is 2.52. The maximum Gasteiger partial charge on any atom is 0.374 e. The third-order valence-corrected chi connectivity index (χ3v) is 2.69. The summed E-state index contributed by atoms with van der Waals surface area (Å²) in [5, 5.41) is 12.5. The Labute approximate surface area is 107 Å². The molecule has 0 radical (unpaired) electrons. The molecule has 0 spiro atoms. The first kappa shape index (κ1) is 11.4. The molecule has 1 N–H and O–H groups in total. The van der Waals surface area contributed by atoms with Crippen molar-refractivity contribution in [1.82, 2.24) is 5.16 Å².